The molecule has 5 heteroatoms. The molecule has 88 valence electrons. The van der Waals surface area contributed by atoms with Gasteiger partial charge < -0.3 is 20.5 Å². The Morgan fingerprint density at radius 1 is 1.38 bits per heavy atom. The Bertz CT molecular complexity index is 325. The van der Waals surface area contributed by atoms with E-state index >= 15 is 0 Å². The summed E-state index contributed by atoms with van der Waals surface area (Å²) in [6.07, 6.45) is 0.552. The Hall–Kier alpha value is -1.75. The van der Waals surface area contributed by atoms with Crippen LogP contribution in [0.3, 0.4) is 0 Å². The Balaban J connectivity index is 2.37. The van der Waals surface area contributed by atoms with Gasteiger partial charge in [0, 0.05) is 18.8 Å². The Labute approximate surface area is 94.4 Å². The highest BCUT2D eigenvalue weighted by atomic mass is 16.5. The lowest BCUT2D eigenvalue weighted by molar-refractivity contribution is 0.249. The van der Waals surface area contributed by atoms with Crippen LogP contribution in [-0.2, 0) is 0 Å². The number of nitrogens with one attached hydrogen (secondary N) is 2. The first kappa shape index (κ1) is 12.3. The molecule has 3 N–H and O–H groups in total. The number of urea groups is 1. The average Bonchev–Trinajstić information content (AvgIpc) is 2.30. The van der Waals surface area contributed by atoms with E-state index in [1.165, 1.54) is 0 Å². The molecule has 2 amide bonds. The lowest BCUT2D eigenvalue weighted by Crippen LogP contribution is -2.29. The van der Waals surface area contributed by atoms with Crippen molar-refractivity contribution in [2.24, 2.45) is 0 Å². The Kier molecular flexibility index (Phi) is 5.15. The maximum atomic E-state index is 11.3. The summed E-state index contributed by atoms with van der Waals surface area (Å²) in [6.45, 7) is 0.529. The predicted molar refractivity (Wildman–Crippen MR) is 61.7 cm³/mol. The van der Waals surface area contributed by atoms with Crippen LogP contribution in [0, 0.1) is 0 Å². The van der Waals surface area contributed by atoms with E-state index < -0.39 is 0 Å². The molecule has 0 unspecified atom stereocenters. The number of hydrogen-bond acceptors (Lipinski definition) is 3. The van der Waals surface area contributed by atoms with Crippen LogP contribution in [0.1, 0.15) is 6.42 Å². The van der Waals surface area contributed by atoms with E-state index in [2.05, 4.69) is 10.6 Å². The van der Waals surface area contributed by atoms with Gasteiger partial charge in [-0.3, -0.25) is 0 Å². The summed E-state index contributed by atoms with van der Waals surface area (Å²) in [5.74, 6) is 0.742. The van der Waals surface area contributed by atoms with E-state index in [1.54, 1.807) is 31.4 Å². The standard InChI is InChI=1S/C11H16N2O3/c1-16-10-5-3-9(4-6-10)13-11(15)12-7-2-8-14/h3-6,14H,2,7-8H2,1H3,(H2,12,13,15). The molecule has 0 aliphatic heterocycles. The van der Waals surface area contributed by atoms with E-state index in [9.17, 15) is 4.79 Å². The molecule has 0 aliphatic rings. The summed E-state index contributed by atoms with van der Waals surface area (Å²) in [7, 11) is 1.59. The third kappa shape index (κ3) is 4.18. The highest BCUT2D eigenvalue weighted by Crippen LogP contribution is 2.14. The van der Waals surface area contributed by atoms with Gasteiger partial charge >= 0.3 is 6.03 Å². The molecular formula is C11H16N2O3. The van der Waals surface area contributed by atoms with Gasteiger partial charge in [0.1, 0.15) is 5.75 Å². The highest BCUT2D eigenvalue weighted by molar-refractivity contribution is 5.89. The van der Waals surface area contributed by atoms with Crippen molar-refractivity contribution in [2.45, 2.75) is 6.42 Å². The van der Waals surface area contributed by atoms with Crippen LogP contribution in [-0.4, -0.2) is 31.4 Å². The molecule has 0 heterocycles. The molecule has 0 saturated heterocycles. The molecule has 16 heavy (non-hydrogen) atoms. The third-order valence-electron chi connectivity index (χ3n) is 1.97. The zero-order valence-electron chi connectivity index (χ0n) is 9.19. The number of benzene rings is 1. The molecule has 0 saturated carbocycles. The number of carbonyl (C=O) groups excluding carboxylic acids is 1. The molecule has 0 spiro atoms. The molecule has 0 radical (unpaired) electrons. The van der Waals surface area contributed by atoms with Crippen LogP contribution in [0.2, 0.25) is 0 Å². The van der Waals surface area contributed by atoms with Gasteiger partial charge in [-0.25, -0.2) is 4.79 Å². The fourth-order valence-electron chi connectivity index (χ4n) is 1.13. The minimum absolute atomic E-state index is 0.0722. The quantitative estimate of drug-likeness (QED) is 0.658. The van der Waals surface area contributed by atoms with Crippen molar-refractivity contribution in [2.75, 3.05) is 25.6 Å². The van der Waals surface area contributed by atoms with E-state index in [4.69, 9.17) is 9.84 Å². The fraction of sp³-hybridized carbons (Fsp3) is 0.364. The SMILES string of the molecule is COc1ccc(NC(=O)NCCCO)cc1. The summed E-state index contributed by atoms with van der Waals surface area (Å²) in [6, 6.07) is 6.76. The molecule has 0 aromatic heterocycles. The van der Waals surface area contributed by atoms with Crippen LogP contribution < -0.4 is 15.4 Å². The second kappa shape index (κ2) is 6.68. The van der Waals surface area contributed by atoms with Crippen molar-refractivity contribution in [1.29, 1.82) is 0 Å². The van der Waals surface area contributed by atoms with Gasteiger partial charge in [-0.05, 0) is 30.7 Å². The number of rotatable bonds is 5. The van der Waals surface area contributed by atoms with Crippen LogP contribution in [0.4, 0.5) is 10.5 Å². The van der Waals surface area contributed by atoms with Gasteiger partial charge in [0.25, 0.3) is 0 Å². The first-order chi connectivity index (χ1) is 7.76. The van der Waals surface area contributed by atoms with Gasteiger partial charge in [0.2, 0.25) is 0 Å². The van der Waals surface area contributed by atoms with Crippen LogP contribution >= 0.6 is 0 Å². The van der Waals surface area contributed by atoms with Crippen molar-refractivity contribution in [3.05, 3.63) is 24.3 Å². The molecule has 0 atom stereocenters. The average molecular weight is 224 g/mol. The second-order valence-corrected chi connectivity index (χ2v) is 3.19. The lowest BCUT2D eigenvalue weighted by Gasteiger charge is -2.07. The number of amides is 2. The minimum atomic E-state index is -0.279. The number of ether oxygens (including phenoxy) is 1. The molecule has 0 fully saturated rings. The van der Waals surface area contributed by atoms with Crippen molar-refractivity contribution in [1.82, 2.24) is 5.32 Å². The molecule has 1 aromatic rings. The predicted octanol–water partition coefficient (Wildman–Crippen LogP) is 1.20. The molecule has 0 aliphatic carbocycles. The minimum Gasteiger partial charge on any atom is -0.497 e. The van der Waals surface area contributed by atoms with Crippen LogP contribution in [0.25, 0.3) is 0 Å². The van der Waals surface area contributed by atoms with Gasteiger partial charge in [0.05, 0.1) is 7.11 Å². The van der Waals surface area contributed by atoms with Crippen LogP contribution in [0.5, 0.6) is 5.75 Å². The third-order valence-corrected chi connectivity index (χ3v) is 1.97. The zero-order chi connectivity index (χ0) is 11.8. The topological polar surface area (TPSA) is 70.6 Å². The molecule has 0 bridgehead atoms. The molecule has 1 aromatic carbocycles. The van der Waals surface area contributed by atoms with Crippen LogP contribution in [0.15, 0.2) is 24.3 Å². The summed E-state index contributed by atoms with van der Waals surface area (Å²) in [4.78, 5) is 11.3. The monoisotopic (exact) mass is 224 g/mol. The number of hydrogen-bond donors (Lipinski definition) is 3. The fourth-order valence-corrected chi connectivity index (χ4v) is 1.13. The van der Waals surface area contributed by atoms with Gasteiger partial charge in [-0.1, -0.05) is 0 Å². The van der Waals surface area contributed by atoms with E-state index in [0.29, 0.717) is 18.7 Å². The number of aliphatic hydroxyl groups is 1. The van der Waals surface area contributed by atoms with Crippen molar-refractivity contribution < 1.29 is 14.6 Å². The molecule has 1 rings (SSSR count). The number of anilines is 1. The Morgan fingerprint density at radius 3 is 2.62 bits per heavy atom. The second-order valence-electron chi connectivity index (χ2n) is 3.19. The van der Waals surface area contributed by atoms with E-state index in [-0.39, 0.29) is 12.6 Å². The van der Waals surface area contributed by atoms with Gasteiger partial charge in [0.15, 0.2) is 0 Å². The first-order valence-electron chi connectivity index (χ1n) is 5.06. The molecular weight excluding hydrogens is 208 g/mol. The molecule has 5 nitrogen and oxygen atoms in total. The largest absolute Gasteiger partial charge is 0.497 e. The summed E-state index contributed by atoms with van der Waals surface area (Å²) >= 11 is 0. The van der Waals surface area contributed by atoms with E-state index in [1.807, 2.05) is 0 Å². The Morgan fingerprint density at radius 2 is 2.06 bits per heavy atom. The van der Waals surface area contributed by atoms with E-state index in [0.717, 1.165) is 5.75 Å². The van der Waals surface area contributed by atoms with Gasteiger partial charge in [-0.15, -0.1) is 0 Å². The lowest BCUT2D eigenvalue weighted by atomic mass is 10.3. The smallest absolute Gasteiger partial charge is 0.319 e. The number of methoxy groups -OCH3 is 1. The van der Waals surface area contributed by atoms with Crippen molar-refractivity contribution in [3.63, 3.8) is 0 Å². The first-order valence-corrected chi connectivity index (χ1v) is 5.06. The van der Waals surface area contributed by atoms with Crippen molar-refractivity contribution in [3.8, 4) is 5.75 Å². The summed E-state index contributed by atoms with van der Waals surface area (Å²) < 4.78 is 5.00. The zero-order valence-corrected chi connectivity index (χ0v) is 9.19. The normalized spacial score (nSPS) is 9.62. The maximum Gasteiger partial charge on any atom is 0.319 e. The van der Waals surface area contributed by atoms with Crippen molar-refractivity contribution >= 4 is 11.7 Å². The summed E-state index contributed by atoms with van der Waals surface area (Å²) in [5, 5.41) is 13.8. The number of carbonyl (C=O) groups is 1. The number of aliphatic hydroxyl groups excluding tert-OH is 1. The van der Waals surface area contributed by atoms with Gasteiger partial charge in [-0.2, -0.15) is 0 Å². The maximum absolute atomic E-state index is 11.3. The summed E-state index contributed by atoms with van der Waals surface area (Å²) in [5.41, 5.74) is 0.697. The highest BCUT2D eigenvalue weighted by Gasteiger charge is 2.00.